The summed E-state index contributed by atoms with van der Waals surface area (Å²) in [6.45, 7) is 14.9. The van der Waals surface area contributed by atoms with Crippen LogP contribution in [-0.2, 0) is 25.6 Å². The van der Waals surface area contributed by atoms with Crippen LogP contribution < -0.4 is 5.32 Å². The van der Waals surface area contributed by atoms with Gasteiger partial charge in [0.05, 0.1) is 35.0 Å². The summed E-state index contributed by atoms with van der Waals surface area (Å²) in [7, 11) is 1.88. The van der Waals surface area contributed by atoms with E-state index >= 15 is 0 Å². The molecule has 0 fully saturated rings. The molecular formula is C27H32N8. The van der Waals surface area contributed by atoms with Crippen LogP contribution in [0.2, 0.25) is 0 Å². The van der Waals surface area contributed by atoms with E-state index in [2.05, 4.69) is 82.6 Å². The Morgan fingerprint density at radius 1 is 1.11 bits per heavy atom. The minimum Gasteiger partial charge on any atom is -0.367 e. The van der Waals surface area contributed by atoms with Crippen LogP contribution in [0.15, 0.2) is 55.6 Å². The predicted octanol–water partition coefficient (Wildman–Crippen LogP) is 4.91. The summed E-state index contributed by atoms with van der Waals surface area (Å²) in [4.78, 5) is 11.4. The highest BCUT2D eigenvalue weighted by molar-refractivity contribution is 5.66. The fraction of sp³-hybridized carbons (Fsp3) is 0.333. The molecule has 0 unspecified atom stereocenters. The average Bonchev–Trinajstić information content (AvgIpc) is 3.43. The van der Waals surface area contributed by atoms with Crippen molar-refractivity contribution in [3.05, 3.63) is 78.0 Å². The summed E-state index contributed by atoms with van der Waals surface area (Å²) in [5.74, 6) is 0.549. The average molecular weight is 469 g/mol. The Kier molecular flexibility index (Phi) is 5.67. The number of hydrogen-bond acceptors (Lipinski definition) is 6. The van der Waals surface area contributed by atoms with Gasteiger partial charge < -0.3 is 10.2 Å². The van der Waals surface area contributed by atoms with Crippen LogP contribution in [0.25, 0.3) is 17.0 Å². The molecule has 0 saturated carbocycles. The van der Waals surface area contributed by atoms with E-state index in [1.54, 1.807) is 17.1 Å². The van der Waals surface area contributed by atoms with Gasteiger partial charge in [0.1, 0.15) is 0 Å². The largest absolute Gasteiger partial charge is 0.367 e. The molecule has 8 nitrogen and oxygen atoms in total. The number of nitrogens with one attached hydrogen (secondary N) is 1. The zero-order valence-electron chi connectivity index (χ0n) is 21.1. The van der Waals surface area contributed by atoms with E-state index < -0.39 is 0 Å². The maximum absolute atomic E-state index is 4.70. The number of benzene rings is 1. The van der Waals surface area contributed by atoms with E-state index in [9.17, 15) is 0 Å². The molecule has 0 saturated heterocycles. The second-order valence-electron chi connectivity index (χ2n) is 10.1. The highest BCUT2D eigenvalue weighted by Gasteiger charge is 2.27. The fourth-order valence-corrected chi connectivity index (χ4v) is 4.59. The van der Waals surface area contributed by atoms with Gasteiger partial charge in [-0.15, -0.1) is 0 Å². The Morgan fingerprint density at radius 3 is 2.66 bits per heavy atom. The minimum atomic E-state index is -0.0309. The molecule has 4 heterocycles. The van der Waals surface area contributed by atoms with Crippen molar-refractivity contribution in [3.63, 3.8) is 0 Å². The van der Waals surface area contributed by atoms with Crippen LogP contribution in [-0.4, -0.2) is 41.0 Å². The molecule has 35 heavy (non-hydrogen) atoms. The summed E-state index contributed by atoms with van der Waals surface area (Å²) in [6.07, 6.45) is 8.35. The molecule has 180 valence electrons. The molecule has 4 aromatic rings. The minimum absolute atomic E-state index is 0.0309. The SMILES string of the molecule is C=C1c2cnn(C(C)(C)C)c2CCN1Cc1ccc(-c2ccnc(Nc3cnn(C)c3)n2)cc1C. The molecule has 0 atom stereocenters. The summed E-state index contributed by atoms with van der Waals surface area (Å²) < 4.78 is 3.88. The van der Waals surface area contributed by atoms with Gasteiger partial charge in [-0.2, -0.15) is 10.2 Å². The Morgan fingerprint density at radius 2 is 1.94 bits per heavy atom. The molecular weight excluding hydrogens is 436 g/mol. The number of anilines is 2. The van der Waals surface area contributed by atoms with E-state index in [1.807, 2.05) is 25.5 Å². The molecule has 0 radical (unpaired) electrons. The van der Waals surface area contributed by atoms with E-state index in [0.717, 1.165) is 47.7 Å². The second-order valence-corrected chi connectivity index (χ2v) is 10.1. The van der Waals surface area contributed by atoms with Gasteiger partial charge in [-0.1, -0.05) is 18.7 Å². The maximum Gasteiger partial charge on any atom is 0.227 e. The van der Waals surface area contributed by atoms with Crippen molar-refractivity contribution in [2.45, 2.75) is 46.2 Å². The summed E-state index contributed by atoms with van der Waals surface area (Å²) in [5, 5.41) is 12.1. The number of nitrogens with zero attached hydrogens (tertiary/aromatic N) is 7. The first-order valence-corrected chi connectivity index (χ1v) is 11.9. The summed E-state index contributed by atoms with van der Waals surface area (Å²) in [6, 6.07) is 8.46. The smallest absolute Gasteiger partial charge is 0.227 e. The van der Waals surface area contributed by atoms with Crippen LogP contribution in [0.3, 0.4) is 0 Å². The van der Waals surface area contributed by atoms with Crippen molar-refractivity contribution < 1.29 is 0 Å². The second kappa shape index (κ2) is 8.69. The van der Waals surface area contributed by atoms with Crippen molar-refractivity contribution in [2.24, 2.45) is 7.05 Å². The standard InChI is InChI=1S/C27H32N8/c1-18-13-20(24-9-11-28-26(32-24)31-22-14-29-33(6)17-22)7-8-21(18)16-34-12-10-25-23(19(34)2)15-30-35(25)27(3,4)5/h7-9,11,13-15,17H,2,10,12,16H2,1,3-6H3,(H,28,31,32). The quantitative estimate of drug-likeness (QED) is 0.449. The van der Waals surface area contributed by atoms with Crippen molar-refractivity contribution in [3.8, 4) is 11.3 Å². The highest BCUT2D eigenvalue weighted by atomic mass is 15.3. The molecule has 5 rings (SSSR count). The van der Waals surface area contributed by atoms with Gasteiger partial charge in [-0.3, -0.25) is 9.36 Å². The fourth-order valence-electron chi connectivity index (χ4n) is 4.59. The molecule has 1 aromatic carbocycles. The number of fused-ring (bicyclic) bond motifs is 1. The lowest BCUT2D eigenvalue weighted by molar-refractivity contribution is 0.325. The number of hydrogen-bond donors (Lipinski definition) is 1. The highest BCUT2D eigenvalue weighted by Crippen LogP contribution is 2.32. The van der Waals surface area contributed by atoms with Crippen LogP contribution in [0.5, 0.6) is 0 Å². The summed E-state index contributed by atoms with van der Waals surface area (Å²) in [5.41, 5.74) is 8.77. The Labute approximate surface area is 206 Å². The van der Waals surface area contributed by atoms with E-state index in [0.29, 0.717) is 5.95 Å². The van der Waals surface area contributed by atoms with Crippen molar-refractivity contribution >= 4 is 17.3 Å². The van der Waals surface area contributed by atoms with E-state index in [4.69, 9.17) is 4.98 Å². The first-order chi connectivity index (χ1) is 16.7. The van der Waals surface area contributed by atoms with Crippen LogP contribution >= 0.6 is 0 Å². The lowest BCUT2D eigenvalue weighted by Crippen LogP contribution is -2.32. The van der Waals surface area contributed by atoms with Crippen LogP contribution in [0.1, 0.15) is 43.2 Å². The third-order valence-electron chi connectivity index (χ3n) is 6.43. The van der Waals surface area contributed by atoms with Gasteiger partial charge in [0, 0.05) is 55.8 Å². The van der Waals surface area contributed by atoms with Gasteiger partial charge in [-0.05, 0) is 51.0 Å². The van der Waals surface area contributed by atoms with Crippen molar-refractivity contribution in [1.29, 1.82) is 0 Å². The predicted molar refractivity (Wildman–Crippen MR) is 139 cm³/mol. The molecule has 1 aliphatic rings. The lowest BCUT2D eigenvalue weighted by atomic mass is 9.99. The Bertz CT molecular complexity index is 1390. The first-order valence-electron chi connectivity index (χ1n) is 11.9. The monoisotopic (exact) mass is 468 g/mol. The molecule has 0 amide bonds. The molecule has 0 bridgehead atoms. The zero-order valence-corrected chi connectivity index (χ0v) is 21.1. The summed E-state index contributed by atoms with van der Waals surface area (Å²) >= 11 is 0. The van der Waals surface area contributed by atoms with Gasteiger partial charge in [0.25, 0.3) is 0 Å². The van der Waals surface area contributed by atoms with Gasteiger partial charge in [0.15, 0.2) is 0 Å². The van der Waals surface area contributed by atoms with Crippen molar-refractivity contribution in [2.75, 3.05) is 11.9 Å². The molecule has 1 N–H and O–H groups in total. The lowest BCUT2D eigenvalue weighted by Gasteiger charge is -2.33. The normalized spacial score (nSPS) is 13.7. The Hall–Kier alpha value is -3.94. The molecule has 1 aliphatic heterocycles. The molecule has 8 heteroatoms. The third-order valence-corrected chi connectivity index (χ3v) is 6.43. The van der Waals surface area contributed by atoms with Crippen LogP contribution in [0.4, 0.5) is 11.6 Å². The first kappa shape index (κ1) is 22.8. The zero-order chi connectivity index (χ0) is 24.7. The van der Waals surface area contributed by atoms with E-state index in [-0.39, 0.29) is 5.54 Å². The third kappa shape index (κ3) is 4.56. The van der Waals surface area contributed by atoms with Crippen molar-refractivity contribution in [1.82, 2.24) is 34.4 Å². The number of aryl methyl sites for hydroxylation is 2. The molecule has 0 spiro atoms. The molecule has 3 aromatic heterocycles. The molecule has 0 aliphatic carbocycles. The number of rotatable bonds is 5. The van der Waals surface area contributed by atoms with Gasteiger partial charge >= 0.3 is 0 Å². The topological polar surface area (TPSA) is 76.7 Å². The van der Waals surface area contributed by atoms with E-state index in [1.165, 1.54) is 16.8 Å². The van der Waals surface area contributed by atoms with Gasteiger partial charge in [0.2, 0.25) is 5.95 Å². The van der Waals surface area contributed by atoms with Crippen LogP contribution in [0, 0.1) is 6.92 Å². The Balaban J connectivity index is 1.33. The maximum atomic E-state index is 4.70. The number of aromatic nitrogens is 6. The van der Waals surface area contributed by atoms with Gasteiger partial charge in [-0.25, -0.2) is 9.97 Å².